The Morgan fingerprint density at radius 3 is 1.56 bits per heavy atom. The van der Waals surface area contributed by atoms with E-state index in [4.69, 9.17) is 4.74 Å². The number of hydrogen-bond donors (Lipinski definition) is 0. The number of rotatable bonds is 3. The fourth-order valence-corrected chi connectivity index (χ4v) is 0.289. The molecule has 1 heteroatoms. The lowest BCUT2D eigenvalue weighted by atomic mass is 10.5. The van der Waals surface area contributed by atoms with Crippen LogP contribution in [-0.4, -0.2) is 13.2 Å². The average Bonchev–Trinajstić information content (AvgIpc) is 1.61. The lowest BCUT2D eigenvalue weighted by Crippen LogP contribution is -1.88. The molecule has 0 rings (SSSR count). The van der Waals surface area contributed by atoms with Gasteiger partial charge in [0.05, 0.1) is 0 Å². The van der Waals surface area contributed by atoms with E-state index in [2.05, 4.69) is 6.92 Å². The molecule has 0 radical (unpaired) electrons. The largest absolute Gasteiger partial charge is 0.382 e. The maximum atomic E-state index is 4.98. The molecule has 0 aliphatic carbocycles. The van der Waals surface area contributed by atoms with Crippen molar-refractivity contribution in [2.24, 2.45) is 0 Å². The molecule has 0 bridgehead atoms. The molecule has 1 nitrogen and oxygen atoms in total. The third-order valence-corrected chi connectivity index (χ3v) is 0.553. The van der Waals surface area contributed by atoms with Crippen LogP contribution in [0.15, 0.2) is 0 Å². The molecular formula is C8H24O. The van der Waals surface area contributed by atoms with E-state index in [-0.39, 0.29) is 22.3 Å². The van der Waals surface area contributed by atoms with Crippen LogP contribution in [0.5, 0.6) is 0 Å². The van der Waals surface area contributed by atoms with E-state index in [9.17, 15) is 0 Å². The Morgan fingerprint density at radius 2 is 1.44 bits per heavy atom. The van der Waals surface area contributed by atoms with Gasteiger partial charge in [0.15, 0.2) is 0 Å². The van der Waals surface area contributed by atoms with Gasteiger partial charge >= 0.3 is 0 Å². The summed E-state index contributed by atoms with van der Waals surface area (Å²) in [5.41, 5.74) is 0. The summed E-state index contributed by atoms with van der Waals surface area (Å²) in [6.07, 6.45) is 1.13. The minimum Gasteiger partial charge on any atom is -0.382 e. The summed E-state index contributed by atoms with van der Waals surface area (Å²) in [6, 6.07) is 0. The molecule has 0 saturated heterocycles. The second-order valence-electron chi connectivity index (χ2n) is 1.20. The average molecular weight is 136 g/mol. The van der Waals surface area contributed by atoms with Gasteiger partial charge in [0.2, 0.25) is 0 Å². The molecule has 0 heterocycles. The van der Waals surface area contributed by atoms with Crippen LogP contribution in [0.25, 0.3) is 0 Å². The molecule has 0 amide bonds. The first-order valence-electron chi connectivity index (χ1n) is 2.49. The molecule has 0 aromatic heterocycles. The molecular weight excluding hydrogens is 112 g/mol. The Labute approximate surface area is 61.4 Å². The molecule has 0 unspecified atom stereocenters. The molecule has 9 heavy (non-hydrogen) atoms. The smallest absolute Gasteiger partial charge is 0.0463 e. The maximum absolute atomic E-state index is 4.98. The first kappa shape index (κ1) is 23.1. The van der Waals surface area contributed by atoms with Gasteiger partial charge in [0.25, 0.3) is 0 Å². The van der Waals surface area contributed by atoms with Crippen molar-refractivity contribution in [2.75, 3.05) is 13.2 Å². The summed E-state index contributed by atoms with van der Waals surface area (Å²) in [6.45, 7) is 5.88. The fraction of sp³-hybridized carbons (Fsp3) is 1.00. The van der Waals surface area contributed by atoms with Gasteiger partial charge in [-0.15, -0.1) is 0 Å². The van der Waals surface area contributed by atoms with Crippen molar-refractivity contribution in [1.82, 2.24) is 0 Å². The summed E-state index contributed by atoms with van der Waals surface area (Å²) in [5.74, 6) is 0. The van der Waals surface area contributed by atoms with E-state index in [1.807, 2.05) is 6.92 Å². The van der Waals surface area contributed by atoms with Gasteiger partial charge in [-0.25, -0.2) is 0 Å². The highest BCUT2D eigenvalue weighted by Gasteiger charge is 1.72. The van der Waals surface area contributed by atoms with E-state index in [1.165, 1.54) is 0 Å². The van der Waals surface area contributed by atoms with Gasteiger partial charge in [-0.3, -0.25) is 0 Å². The Balaban J connectivity index is -0.0000000417. The van der Waals surface area contributed by atoms with Crippen molar-refractivity contribution in [1.29, 1.82) is 0 Å². The van der Waals surface area contributed by atoms with E-state index in [0.29, 0.717) is 0 Å². The van der Waals surface area contributed by atoms with Gasteiger partial charge in [0, 0.05) is 13.2 Å². The van der Waals surface area contributed by atoms with E-state index < -0.39 is 0 Å². The van der Waals surface area contributed by atoms with Crippen LogP contribution in [0, 0.1) is 0 Å². The van der Waals surface area contributed by atoms with Crippen LogP contribution in [0.4, 0.5) is 0 Å². The number of ether oxygens (including phenoxy) is 1. The summed E-state index contributed by atoms with van der Waals surface area (Å²) in [7, 11) is 0. The molecule has 62 valence electrons. The van der Waals surface area contributed by atoms with E-state index in [1.54, 1.807) is 0 Å². The molecule has 0 aliphatic rings. The van der Waals surface area contributed by atoms with Crippen molar-refractivity contribution >= 4 is 0 Å². The summed E-state index contributed by atoms with van der Waals surface area (Å²) >= 11 is 0. The Hall–Kier alpha value is -0.0400. The first-order valence-corrected chi connectivity index (χ1v) is 2.49. The molecule has 0 aliphatic heterocycles. The Morgan fingerprint density at radius 1 is 1.00 bits per heavy atom. The lowest BCUT2D eigenvalue weighted by Gasteiger charge is -1.91. The zero-order valence-corrected chi connectivity index (χ0v) is 4.53. The lowest BCUT2D eigenvalue weighted by molar-refractivity contribution is 0.148. The first-order chi connectivity index (χ1) is 2.91. The fourth-order valence-electron chi connectivity index (χ4n) is 0.289. The van der Waals surface area contributed by atoms with Gasteiger partial charge < -0.3 is 4.74 Å². The normalized spacial score (nSPS) is 6.00. The van der Waals surface area contributed by atoms with E-state index in [0.717, 1.165) is 19.6 Å². The van der Waals surface area contributed by atoms with Gasteiger partial charge in [-0.1, -0.05) is 29.2 Å². The van der Waals surface area contributed by atoms with Crippen molar-refractivity contribution in [3.63, 3.8) is 0 Å². The third kappa shape index (κ3) is 32.3. The second kappa shape index (κ2) is 24.6. The molecule has 0 spiro atoms. The highest BCUT2D eigenvalue weighted by molar-refractivity contribution is 4.19. The highest BCUT2D eigenvalue weighted by atomic mass is 16.5. The molecule has 0 N–H and O–H groups in total. The van der Waals surface area contributed by atoms with Gasteiger partial charge in [-0.05, 0) is 13.3 Å². The Bertz CT molecular complexity index is 16.5. The van der Waals surface area contributed by atoms with Crippen molar-refractivity contribution < 1.29 is 4.74 Å². The van der Waals surface area contributed by atoms with Crippen molar-refractivity contribution in [3.8, 4) is 0 Å². The number of hydrogen-bond acceptors (Lipinski definition) is 1. The topological polar surface area (TPSA) is 9.23 Å². The zero-order chi connectivity index (χ0) is 4.83. The van der Waals surface area contributed by atoms with E-state index >= 15 is 0 Å². The second-order valence-corrected chi connectivity index (χ2v) is 1.20. The summed E-state index contributed by atoms with van der Waals surface area (Å²) < 4.78 is 4.98. The highest BCUT2D eigenvalue weighted by Crippen LogP contribution is 1.75. The van der Waals surface area contributed by atoms with Crippen LogP contribution in [0.2, 0.25) is 0 Å². The molecule has 0 saturated carbocycles. The standard InChI is InChI=1S/C5H12O.3CH4/c1-3-5-6-4-2;;;/h3-5H2,1-2H3;3*1H4. The van der Waals surface area contributed by atoms with Crippen molar-refractivity contribution in [2.45, 2.75) is 42.5 Å². The predicted octanol–water partition coefficient (Wildman–Crippen LogP) is 3.34. The Kier molecular flexibility index (Phi) is 63.0. The van der Waals surface area contributed by atoms with Crippen LogP contribution < -0.4 is 0 Å². The SMILES string of the molecule is C.C.C.CCCOCC. The molecule has 0 aromatic carbocycles. The molecule has 0 fully saturated rings. The minimum atomic E-state index is 0. The zero-order valence-electron chi connectivity index (χ0n) is 4.53. The van der Waals surface area contributed by atoms with Crippen LogP contribution in [-0.2, 0) is 4.74 Å². The summed E-state index contributed by atoms with van der Waals surface area (Å²) in [4.78, 5) is 0. The van der Waals surface area contributed by atoms with Crippen molar-refractivity contribution in [3.05, 3.63) is 0 Å². The quantitative estimate of drug-likeness (QED) is 0.541. The van der Waals surface area contributed by atoms with Crippen LogP contribution in [0.3, 0.4) is 0 Å². The summed E-state index contributed by atoms with van der Waals surface area (Å²) in [5, 5.41) is 0. The van der Waals surface area contributed by atoms with Crippen LogP contribution in [0.1, 0.15) is 42.5 Å². The third-order valence-electron chi connectivity index (χ3n) is 0.553. The van der Waals surface area contributed by atoms with Gasteiger partial charge in [0.1, 0.15) is 0 Å². The monoisotopic (exact) mass is 136 g/mol. The maximum Gasteiger partial charge on any atom is 0.0463 e. The molecule has 0 aromatic rings. The van der Waals surface area contributed by atoms with Crippen LogP contribution >= 0.6 is 0 Å². The van der Waals surface area contributed by atoms with Gasteiger partial charge in [-0.2, -0.15) is 0 Å². The molecule has 0 atom stereocenters. The minimum absolute atomic E-state index is 0. The predicted molar refractivity (Wildman–Crippen MR) is 47.0 cm³/mol.